The molecule has 3 heterocycles. The van der Waals surface area contributed by atoms with E-state index in [0.717, 1.165) is 24.8 Å². The first kappa shape index (κ1) is 34.4. The van der Waals surface area contributed by atoms with E-state index in [1.807, 2.05) is 18.2 Å². The molecule has 1 saturated heterocycles. The number of hydrogen-bond acceptors (Lipinski definition) is 9. The molecule has 3 fully saturated rings. The number of fused-ring (bicyclic) bond motifs is 3. The molecule has 256 valence electrons. The molecule has 2 aliphatic heterocycles. The SMILES string of the molecule is C=C[C@@H]1C[C@]1(NC(=O)[C@@H]1C[C@H]2CN1C(=O)[C@H](C(C)(C)C)NC(=O)OCCCCCC=Cc1cccnc1O2)C(=O)NS(=O)(=O)C1CC1. The van der Waals surface area contributed by atoms with Crippen molar-refractivity contribution in [3.8, 4) is 5.88 Å². The van der Waals surface area contributed by atoms with Crippen molar-refractivity contribution in [3.63, 3.8) is 0 Å². The summed E-state index contributed by atoms with van der Waals surface area (Å²) in [6, 6.07) is 1.51. The molecule has 0 aromatic carbocycles. The second-order valence-corrected chi connectivity index (χ2v) is 15.9. The van der Waals surface area contributed by atoms with Crippen LogP contribution in [0.25, 0.3) is 6.08 Å². The molecule has 1 aromatic rings. The average Bonchev–Trinajstić information content (AvgIpc) is 3.93. The van der Waals surface area contributed by atoms with E-state index in [0.29, 0.717) is 25.1 Å². The Bertz CT molecular complexity index is 1540. The van der Waals surface area contributed by atoms with Crippen LogP contribution in [0.15, 0.2) is 37.1 Å². The third kappa shape index (κ3) is 7.96. The van der Waals surface area contributed by atoms with Crippen molar-refractivity contribution in [2.45, 2.75) is 101 Å². The predicted molar refractivity (Wildman–Crippen MR) is 173 cm³/mol. The highest BCUT2D eigenvalue weighted by atomic mass is 32.2. The first-order valence-electron chi connectivity index (χ1n) is 16.3. The summed E-state index contributed by atoms with van der Waals surface area (Å²) in [6.45, 7) is 9.34. The molecule has 2 bridgehead atoms. The number of nitrogens with zero attached hydrogens (tertiary/aromatic N) is 2. The summed E-state index contributed by atoms with van der Waals surface area (Å²) in [6.07, 6.45) is 10.1. The number of pyridine rings is 1. The largest absolute Gasteiger partial charge is 0.472 e. The number of rotatable bonds is 6. The van der Waals surface area contributed by atoms with Gasteiger partial charge >= 0.3 is 6.09 Å². The summed E-state index contributed by atoms with van der Waals surface area (Å²) in [5.41, 5.74) is -1.54. The second kappa shape index (κ2) is 13.7. The van der Waals surface area contributed by atoms with Crippen LogP contribution in [0.5, 0.6) is 5.88 Å². The molecule has 5 rings (SSSR count). The Morgan fingerprint density at radius 1 is 1.19 bits per heavy atom. The van der Waals surface area contributed by atoms with E-state index < -0.39 is 74.1 Å². The van der Waals surface area contributed by atoms with Gasteiger partial charge in [-0.25, -0.2) is 18.2 Å². The Morgan fingerprint density at radius 2 is 1.96 bits per heavy atom. The second-order valence-electron chi connectivity index (χ2n) is 13.9. The molecule has 4 aliphatic rings. The highest BCUT2D eigenvalue weighted by Crippen LogP contribution is 2.45. The zero-order valence-electron chi connectivity index (χ0n) is 27.2. The van der Waals surface area contributed by atoms with Crippen LogP contribution in [0, 0.1) is 11.3 Å². The van der Waals surface area contributed by atoms with E-state index in [4.69, 9.17) is 9.47 Å². The molecule has 0 unspecified atom stereocenters. The molecule has 3 N–H and O–H groups in total. The molecule has 1 aromatic heterocycles. The van der Waals surface area contributed by atoms with Crippen molar-refractivity contribution in [1.82, 2.24) is 25.2 Å². The minimum absolute atomic E-state index is 0.0000980. The molecule has 2 aliphatic carbocycles. The van der Waals surface area contributed by atoms with Crippen LogP contribution in [0.2, 0.25) is 0 Å². The van der Waals surface area contributed by atoms with Crippen LogP contribution in [-0.2, 0) is 29.1 Å². The Labute approximate surface area is 276 Å². The van der Waals surface area contributed by atoms with Crippen LogP contribution < -0.4 is 20.1 Å². The molecular formula is C33H45N5O8S. The lowest BCUT2D eigenvalue weighted by molar-refractivity contribution is -0.142. The summed E-state index contributed by atoms with van der Waals surface area (Å²) >= 11 is 0. The number of amides is 4. The zero-order chi connectivity index (χ0) is 34.0. The summed E-state index contributed by atoms with van der Waals surface area (Å²) in [5, 5.41) is 4.87. The maximum absolute atomic E-state index is 14.3. The van der Waals surface area contributed by atoms with E-state index >= 15 is 0 Å². The van der Waals surface area contributed by atoms with Crippen molar-refractivity contribution in [2.24, 2.45) is 11.3 Å². The smallest absolute Gasteiger partial charge is 0.407 e. The number of aromatic nitrogens is 1. The molecule has 2 saturated carbocycles. The number of hydrogen-bond donors (Lipinski definition) is 3. The molecule has 14 heteroatoms. The van der Waals surface area contributed by atoms with Gasteiger partial charge in [0.2, 0.25) is 27.7 Å². The standard InChI is InChI=1S/C33H45N5O8S/c1-5-22-19-33(22,30(41)37-47(43,44)24-14-15-24)36-27(39)25-18-23-20-38(25)29(40)26(32(2,3)4)35-31(42)45-17-10-8-6-7-9-12-21-13-11-16-34-28(21)46-23/h5,9,11-13,16,22-26H,1,6-8,10,14-15,17-20H2,2-4H3,(H,35,42)(H,36,39)(H,37,41)/t22-,23+,25+,26-,33-/m1/s1. The molecule has 4 amide bonds. The fraction of sp³-hybridized carbons (Fsp3) is 0.606. The van der Waals surface area contributed by atoms with E-state index in [1.54, 1.807) is 33.0 Å². The van der Waals surface area contributed by atoms with Gasteiger partial charge in [0.15, 0.2) is 0 Å². The molecule has 5 atom stereocenters. The fourth-order valence-corrected chi connectivity index (χ4v) is 7.43. The Hall–Kier alpha value is -3.94. The summed E-state index contributed by atoms with van der Waals surface area (Å²) in [5.74, 6) is -2.13. The van der Waals surface area contributed by atoms with Gasteiger partial charge in [0.25, 0.3) is 5.91 Å². The van der Waals surface area contributed by atoms with Crippen LogP contribution in [-0.4, -0.2) is 84.2 Å². The normalized spacial score (nSPS) is 28.8. The lowest BCUT2D eigenvalue weighted by atomic mass is 9.85. The van der Waals surface area contributed by atoms with Gasteiger partial charge in [-0.1, -0.05) is 39.0 Å². The molecular weight excluding hydrogens is 626 g/mol. The van der Waals surface area contributed by atoms with Gasteiger partial charge in [-0.15, -0.1) is 6.58 Å². The van der Waals surface area contributed by atoms with Crippen molar-refractivity contribution in [2.75, 3.05) is 13.2 Å². The van der Waals surface area contributed by atoms with Crippen molar-refractivity contribution >= 4 is 39.9 Å². The van der Waals surface area contributed by atoms with Crippen molar-refractivity contribution in [1.29, 1.82) is 0 Å². The van der Waals surface area contributed by atoms with E-state index in [9.17, 15) is 27.6 Å². The number of alkyl carbamates (subject to hydrolysis) is 1. The number of carbonyl (C=O) groups excluding carboxylic acids is 4. The maximum Gasteiger partial charge on any atom is 0.407 e. The van der Waals surface area contributed by atoms with Crippen molar-refractivity contribution < 1.29 is 37.1 Å². The monoisotopic (exact) mass is 671 g/mol. The third-order valence-corrected chi connectivity index (χ3v) is 10.9. The van der Waals surface area contributed by atoms with Crippen LogP contribution in [0.4, 0.5) is 4.79 Å². The Morgan fingerprint density at radius 3 is 2.64 bits per heavy atom. The van der Waals surface area contributed by atoms with Crippen LogP contribution in [0.3, 0.4) is 0 Å². The van der Waals surface area contributed by atoms with E-state index in [-0.39, 0.29) is 26.0 Å². The number of allylic oxidation sites excluding steroid dienone is 1. The minimum atomic E-state index is -3.87. The number of ether oxygens (including phenoxy) is 2. The number of nitrogens with one attached hydrogen (secondary N) is 3. The number of sulfonamides is 1. The lowest BCUT2D eigenvalue weighted by Crippen LogP contribution is -2.60. The average molecular weight is 672 g/mol. The Balaban J connectivity index is 1.44. The highest BCUT2D eigenvalue weighted by Gasteiger charge is 2.62. The fourth-order valence-electron chi connectivity index (χ4n) is 6.07. The van der Waals surface area contributed by atoms with Gasteiger partial charge < -0.3 is 25.0 Å². The topological polar surface area (TPSA) is 173 Å². The highest BCUT2D eigenvalue weighted by molar-refractivity contribution is 7.91. The minimum Gasteiger partial charge on any atom is -0.472 e. The van der Waals surface area contributed by atoms with E-state index in [1.165, 1.54) is 11.0 Å². The first-order chi connectivity index (χ1) is 22.2. The third-order valence-electron chi connectivity index (χ3n) is 9.10. The molecule has 47 heavy (non-hydrogen) atoms. The van der Waals surface area contributed by atoms with E-state index in [2.05, 4.69) is 26.9 Å². The van der Waals surface area contributed by atoms with Gasteiger partial charge in [0.1, 0.15) is 23.7 Å². The summed E-state index contributed by atoms with van der Waals surface area (Å²) < 4.78 is 39.1. The first-order valence-corrected chi connectivity index (χ1v) is 17.8. The van der Waals surface area contributed by atoms with Gasteiger partial charge in [-0.2, -0.15) is 0 Å². The van der Waals surface area contributed by atoms with Crippen LogP contribution >= 0.6 is 0 Å². The Kier molecular flexibility index (Phi) is 9.99. The van der Waals surface area contributed by atoms with Gasteiger partial charge in [0, 0.05) is 24.1 Å². The zero-order valence-corrected chi connectivity index (χ0v) is 28.0. The number of cyclic esters (lactones) is 1. The molecule has 0 radical (unpaired) electrons. The number of carbonyl (C=O) groups is 4. The van der Waals surface area contributed by atoms with Gasteiger partial charge in [-0.05, 0) is 62.5 Å². The van der Waals surface area contributed by atoms with Gasteiger partial charge in [-0.3, -0.25) is 19.1 Å². The maximum atomic E-state index is 14.3. The summed E-state index contributed by atoms with van der Waals surface area (Å²) in [7, 11) is -3.87. The van der Waals surface area contributed by atoms with Crippen molar-refractivity contribution in [3.05, 3.63) is 42.6 Å². The lowest BCUT2D eigenvalue weighted by Gasteiger charge is -2.35. The van der Waals surface area contributed by atoms with Crippen LogP contribution in [0.1, 0.15) is 77.7 Å². The predicted octanol–water partition coefficient (Wildman–Crippen LogP) is 2.83. The van der Waals surface area contributed by atoms with Gasteiger partial charge in [0.05, 0.1) is 18.4 Å². The molecule has 0 spiro atoms. The molecule has 13 nitrogen and oxygen atoms in total. The summed E-state index contributed by atoms with van der Waals surface area (Å²) in [4.78, 5) is 60.3. The quantitative estimate of drug-likeness (QED) is 0.385.